The van der Waals surface area contributed by atoms with Crippen molar-refractivity contribution in [3.63, 3.8) is 0 Å². The molecule has 2 rings (SSSR count). The summed E-state index contributed by atoms with van der Waals surface area (Å²) in [6, 6.07) is -1.86. The number of ether oxygens (including phenoxy) is 1. The molecule has 5 amide bonds. The van der Waals surface area contributed by atoms with Crippen molar-refractivity contribution in [3.05, 3.63) is 12.2 Å². The summed E-state index contributed by atoms with van der Waals surface area (Å²) in [6.45, 7) is 7.94. The molecule has 0 spiro atoms. The van der Waals surface area contributed by atoms with Crippen LogP contribution in [-0.4, -0.2) is 52.3 Å². The molecule has 2 aliphatic rings. The number of hydrogen-bond donors (Lipinski definition) is 2. The lowest BCUT2D eigenvalue weighted by Gasteiger charge is -2.24. The molecular formula is C19H27N3O6. The molecule has 9 heteroatoms. The zero-order valence-electron chi connectivity index (χ0n) is 16.8. The van der Waals surface area contributed by atoms with Crippen molar-refractivity contribution in [2.45, 2.75) is 65.1 Å². The molecule has 1 aliphatic heterocycles. The Bertz CT molecular complexity index is 698. The Balaban J connectivity index is 1.94. The number of carbonyl (C=O) groups excluding carboxylic acids is 5. The van der Waals surface area contributed by atoms with Crippen molar-refractivity contribution in [2.75, 3.05) is 0 Å². The molecule has 1 aliphatic carbocycles. The predicted molar refractivity (Wildman–Crippen MR) is 98.7 cm³/mol. The topological polar surface area (TPSA) is 122 Å². The van der Waals surface area contributed by atoms with Gasteiger partial charge in [-0.3, -0.25) is 24.6 Å². The molecule has 4 atom stereocenters. The zero-order chi connectivity index (χ0) is 21.2. The largest absolute Gasteiger partial charge is 0.451 e. The highest BCUT2D eigenvalue weighted by Gasteiger charge is 2.50. The van der Waals surface area contributed by atoms with E-state index in [0.29, 0.717) is 12.8 Å². The van der Waals surface area contributed by atoms with Crippen molar-refractivity contribution >= 4 is 29.7 Å². The second-order valence-corrected chi connectivity index (χ2v) is 8.15. The highest BCUT2D eigenvalue weighted by atomic mass is 16.5. The average Bonchev–Trinajstić information content (AvgIpc) is 2.83. The van der Waals surface area contributed by atoms with Gasteiger partial charge in [0, 0.05) is 5.54 Å². The van der Waals surface area contributed by atoms with Gasteiger partial charge in [-0.25, -0.2) is 9.59 Å². The third-order valence-electron chi connectivity index (χ3n) is 4.66. The average molecular weight is 393 g/mol. The first-order valence-corrected chi connectivity index (χ1v) is 9.27. The van der Waals surface area contributed by atoms with E-state index in [2.05, 4.69) is 10.6 Å². The number of amides is 5. The van der Waals surface area contributed by atoms with Crippen LogP contribution < -0.4 is 10.6 Å². The van der Waals surface area contributed by atoms with E-state index in [-0.39, 0.29) is 0 Å². The van der Waals surface area contributed by atoms with E-state index in [9.17, 15) is 24.0 Å². The minimum absolute atomic E-state index is 0.398. The quantitative estimate of drug-likeness (QED) is 0.415. The molecular weight excluding hydrogens is 366 g/mol. The summed E-state index contributed by atoms with van der Waals surface area (Å²) in [5.74, 6) is -3.38. The van der Waals surface area contributed by atoms with Crippen molar-refractivity contribution in [1.82, 2.24) is 15.5 Å². The van der Waals surface area contributed by atoms with Crippen molar-refractivity contribution in [2.24, 2.45) is 11.8 Å². The number of fused-ring (bicyclic) bond motifs is 1. The van der Waals surface area contributed by atoms with Gasteiger partial charge in [-0.15, -0.1) is 0 Å². The Kier molecular flexibility index (Phi) is 6.26. The minimum Gasteiger partial charge on any atom is -0.451 e. The van der Waals surface area contributed by atoms with Gasteiger partial charge in [-0.05, 0) is 47.5 Å². The van der Waals surface area contributed by atoms with Crippen LogP contribution in [-0.2, 0) is 23.9 Å². The van der Waals surface area contributed by atoms with Gasteiger partial charge < -0.3 is 10.1 Å². The Hall–Kier alpha value is -2.71. The van der Waals surface area contributed by atoms with Crippen LogP contribution in [0.4, 0.5) is 4.79 Å². The van der Waals surface area contributed by atoms with Gasteiger partial charge in [0.25, 0.3) is 5.91 Å². The van der Waals surface area contributed by atoms with Gasteiger partial charge in [0.05, 0.1) is 11.8 Å². The lowest BCUT2D eigenvalue weighted by molar-refractivity contribution is -0.163. The Morgan fingerprint density at radius 2 is 1.57 bits per heavy atom. The Morgan fingerprint density at radius 1 is 1.07 bits per heavy atom. The zero-order valence-corrected chi connectivity index (χ0v) is 16.8. The number of rotatable bonds is 4. The van der Waals surface area contributed by atoms with Crippen LogP contribution in [0.1, 0.15) is 47.5 Å². The summed E-state index contributed by atoms with van der Waals surface area (Å²) in [5, 5.41) is 4.64. The molecule has 1 saturated heterocycles. The van der Waals surface area contributed by atoms with Gasteiger partial charge in [0.1, 0.15) is 6.04 Å². The van der Waals surface area contributed by atoms with E-state index in [4.69, 9.17) is 4.74 Å². The van der Waals surface area contributed by atoms with Gasteiger partial charge in [-0.2, -0.15) is 0 Å². The normalized spacial score (nSPS) is 23.7. The number of esters is 1. The lowest BCUT2D eigenvalue weighted by Crippen LogP contribution is -2.51. The summed E-state index contributed by atoms with van der Waals surface area (Å²) >= 11 is 0. The number of likely N-dealkylation sites (tertiary alicyclic amines) is 1. The maximum absolute atomic E-state index is 12.5. The molecule has 2 N–H and O–H groups in total. The SMILES string of the molecule is C[C@@H](OC(=O)[C@H](C)N1C(=O)[C@H]2CC=CC[C@H]2C1=O)C(=O)NC(=O)NC(C)(C)C. The summed E-state index contributed by atoms with van der Waals surface area (Å²) in [7, 11) is 0. The summed E-state index contributed by atoms with van der Waals surface area (Å²) in [5.41, 5.74) is -0.541. The van der Waals surface area contributed by atoms with Gasteiger partial charge >= 0.3 is 12.0 Å². The number of carbonyl (C=O) groups is 5. The fourth-order valence-corrected chi connectivity index (χ4v) is 3.22. The second-order valence-electron chi connectivity index (χ2n) is 8.15. The van der Waals surface area contributed by atoms with Crippen LogP contribution in [0, 0.1) is 11.8 Å². The van der Waals surface area contributed by atoms with Crippen LogP contribution in [0.2, 0.25) is 0 Å². The number of urea groups is 1. The van der Waals surface area contributed by atoms with Crippen molar-refractivity contribution in [1.29, 1.82) is 0 Å². The molecule has 1 fully saturated rings. The fraction of sp³-hybridized carbons (Fsp3) is 0.632. The monoisotopic (exact) mass is 393 g/mol. The molecule has 9 nitrogen and oxygen atoms in total. The smallest absolute Gasteiger partial charge is 0.329 e. The van der Waals surface area contributed by atoms with Crippen LogP contribution in [0.5, 0.6) is 0 Å². The number of nitrogens with zero attached hydrogens (tertiary/aromatic N) is 1. The van der Waals surface area contributed by atoms with Crippen LogP contribution in [0.25, 0.3) is 0 Å². The van der Waals surface area contributed by atoms with Gasteiger partial charge in [0.2, 0.25) is 11.8 Å². The van der Waals surface area contributed by atoms with Crippen LogP contribution in [0.3, 0.4) is 0 Å². The Labute approximate surface area is 163 Å². The first-order valence-electron chi connectivity index (χ1n) is 9.27. The molecule has 0 unspecified atom stereocenters. The van der Waals surface area contributed by atoms with E-state index in [0.717, 1.165) is 4.90 Å². The predicted octanol–water partition coefficient (Wildman–Crippen LogP) is 0.882. The number of imide groups is 2. The van der Waals surface area contributed by atoms with Crippen molar-refractivity contribution in [3.8, 4) is 0 Å². The molecule has 0 aromatic carbocycles. The molecule has 0 aromatic rings. The number of nitrogens with one attached hydrogen (secondary N) is 2. The molecule has 28 heavy (non-hydrogen) atoms. The minimum atomic E-state index is -1.27. The summed E-state index contributed by atoms with van der Waals surface area (Å²) in [6.07, 6.45) is 3.38. The van der Waals surface area contributed by atoms with Gasteiger partial charge in [-0.1, -0.05) is 12.2 Å². The maximum Gasteiger partial charge on any atom is 0.329 e. The molecule has 1 heterocycles. The van der Waals surface area contributed by atoms with Crippen LogP contribution >= 0.6 is 0 Å². The molecule has 0 aromatic heterocycles. The van der Waals surface area contributed by atoms with Gasteiger partial charge in [0.15, 0.2) is 6.10 Å². The number of allylic oxidation sites excluding steroid dienone is 2. The van der Waals surface area contributed by atoms with Crippen molar-refractivity contribution < 1.29 is 28.7 Å². The standard InChI is InChI=1S/C19H27N3O6/c1-10(22-15(24)12-8-6-7-9-13(12)16(22)25)17(26)28-11(2)14(23)20-18(27)21-19(3,4)5/h6-7,10-13H,8-9H2,1-5H3,(H2,20,21,23,27)/t10-,11+,12-,13+/m0/s1. The lowest BCUT2D eigenvalue weighted by atomic mass is 9.85. The maximum atomic E-state index is 12.5. The van der Waals surface area contributed by atoms with E-state index < -0.39 is 59.2 Å². The van der Waals surface area contributed by atoms with E-state index in [1.165, 1.54) is 13.8 Å². The number of hydrogen-bond acceptors (Lipinski definition) is 6. The molecule has 0 radical (unpaired) electrons. The first kappa shape index (κ1) is 21.6. The fourth-order valence-electron chi connectivity index (χ4n) is 3.22. The highest BCUT2D eigenvalue weighted by Crippen LogP contribution is 2.36. The van der Waals surface area contributed by atoms with Crippen LogP contribution in [0.15, 0.2) is 12.2 Å². The van der Waals surface area contributed by atoms with E-state index >= 15 is 0 Å². The molecule has 0 bridgehead atoms. The second kappa shape index (κ2) is 8.12. The molecule has 154 valence electrons. The summed E-state index contributed by atoms with van der Waals surface area (Å²) < 4.78 is 5.07. The van der Waals surface area contributed by atoms with E-state index in [1.807, 2.05) is 12.2 Å². The van der Waals surface area contributed by atoms with E-state index in [1.54, 1.807) is 20.8 Å². The molecule has 0 saturated carbocycles. The highest BCUT2D eigenvalue weighted by molar-refractivity contribution is 6.08. The summed E-state index contributed by atoms with van der Waals surface area (Å²) in [4.78, 5) is 62.2. The third kappa shape index (κ3) is 4.76. The Morgan fingerprint density at radius 3 is 2.04 bits per heavy atom. The third-order valence-corrected chi connectivity index (χ3v) is 4.66. The first-order chi connectivity index (χ1) is 12.9.